The number of fused-ring (bicyclic) bond motifs is 1. The molecule has 0 radical (unpaired) electrons. The van der Waals surface area contributed by atoms with Crippen LogP contribution in [0.15, 0.2) is 58.0 Å². The van der Waals surface area contributed by atoms with Crippen LogP contribution in [0.1, 0.15) is 11.3 Å². The fraction of sp³-hybridized carbons (Fsp3) is 0.0588. The molecule has 0 unspecified atom stereocenters. The molecule has 0 aliphatic heterocycles. The number of hydrogen-bond donors (Lipinski definition) is 1. The fourth-order valence-electron chi connectivity index (χ4n) is 2.17. The van der Waals surface area contributed by atoms with Crippen molar-refractivity contribution < 1.29 is 5.11 Å². The van der Waals surface area contributed by atoms with Crippen molar-refractivity contribution in [1.82, 2.24) is 4.98 Å². The number of halogens is 1. The molecule has 0 spiro atoms. The van der Waals surface area contributed by atoms with Crippen LogP contribution in [-0.4, -0.2) is 16.3 Å². The second-order valence-electron chi connectivity index (χ2n) is 4.74. The molecule has 1 N–H and O–H groups in total. The lowest BCUT2D eigenvalue weighted by Crippen LogP contribution is -1.87. The van der Waals surface area contributed by atoms with Gasteiger partial charge in [-0.2, -0.15) is 0 Å². The van der Waals surface area contributed by atoms with Gasteiger partial charge in [0, 0.05) is 27.3 Å². The van der Waals surface area contributed by atoms with Crippen molar-refractivity contribution in [1.29, 1.82) is 0 Å². The molecule has 2 aromatic carbocycles. The van der Waals surface area contributed by atoms with Crippen molar-refractivity contribution in [3.05, 3.63) is 64.3 Å². The average Bonchev–Trinajstić information content (AvgIpc) is 2.50. The number of phenolic OH excluding ortho intramolecular Hbond substituents is 1. The van der Waals surface area contributed by atoms with Gasteiger partial charge in [-0.3, -0.25) is 0 Å². The van der Waals surface area contributed by atoms with E-state index in [1.807, 2.05) is 55.5 Å². The van der Waals surface area contributed by atoms with E-state index < -0.39 is 0 Å². The van der Waals surface area contributed by atoms with Crippen LogP contribution in [-0.2, 0) is 0 Å². The molecule has 0 saturated carbocycles. The van der Waals surface area contributed by atoms with Gasteiger partial charge in [-0.05, 0) is 30.5 Å². The third-order valence-electron chi connectivity index (χ3n) is 3.20. The molecule has 0 aliphatic carbocycles. The van der Waals surface area contributed by atoms with Crippen molar-refractivity contribution in [2.45, 2.75) is 6.92 Å². The van der Waals surface area contributed by atoms with Crippen LogP contribution in [0.4, 0.5) is 5.82 Å². The lowest BCUT2D eigenvalue weighted by Gasteiger charge is -2.06. The van der Waals surface area contributed by atoms with Crippen LogP contribution in [0.3, 0.4) is 0 Å². The Kier molecular flexibility index (Phi) is 3.71. The van der Waals surface area contributed by atoms with Gasteiger partial charge in [-0.25, -0.2) is 9.98 Å². The Bertz CT molecular complexity index is 843. The predicted octanol–water partition coefficient (Wildman–Crippen LogP) is 4.76. The number of nitrogens with zero attached hydrogens (tertiary/aromatic N) is 2. The molecule has 104 valence electrons. The van der Waals surface area contributed by atoms with Crippen LogP contribution in [0, 0.1) is 6.92 Å². The largest absolute Gasteiger partial charge is 0.507 e. The van der Waals surface area contributed by atoms with Gasteiger partial charge >= 0.3 is 0 Å². The van der Waals surface area contributed by atoms with E-state index in [1.165, 1.54) is 0 Å². The van der Waals surface area contributed by atoms with Gasteiger partial charge < -0.3 is 5.11 Å². The van der Waals surface area contributed by atoms with E-state index in [0.29, 0.717) is 11.4 Å². The molecule has 0 atom stereocenters. The maximum absolute atomic E-state index is 10.4. The second kappa shape index (κ2) is 5.66. The molecule has 3 nitrogen and oxygen atoms in total. The third kappa shape index (κ3) is 2.81. The first-order valence-electron chi connectivity index (χ1n) is 6.53. The summed E-state index contributed by atoms with van der Waals surface area (Å²) in [7, 11) is 0. The highest BCUT2D eigenvalue weighted by molar-refractivity contribution is 9.10. The topological polar surface area (TPSA) is 45.5 Å². The van der Waals surface area contributed by atoms with Gasteiger partial charge in [0.2, 0.25) is 0 Å². The van der Waals surface area contributed by atoms with Gasteiger partial charge in [0.25, 0.3) is 0 Å². The quantitative estimate of drug-likeness (QED) is 0.683. The van der Waals surface area contributed by atoms with E-state index in [0.717, 1.165) is 20.9 Å². The van der Waals surface area contributed by atoms with Crippen molar-refractivity contribution in [3.63, 3.8) is 0 Å². The number of aromatic nitrogens is 1. The molecule has 4 heteroatoms. The number of pyridine rings is 1. The Morgan fingerprint density at radius 2 is 1.86 bits per heavy atom. The molecule has 0 bridgehead atoms. The Balaban J connectivity index is 2.07. The summed E-state index contributed by atoms with van der Waals surface area (Å²) < 4.78 is 0.926. The summed E-state index contributed by atoms with van der Waals surface area (Å²) in [6.07, 6.45) is 1.63. The minimum atomic E-state index is 0.227. The number of benzene rings is 2. The first-order valence-corrected chi connectivity index (χ1v) is 7.32. The minimum Gasteiger partial charge on any atom is -0.507 e. The Hall–Kier alpha value is -2.20. The number of rotatable bonds is 2. The van der Waals surface area contributed by atoms with Crippen LogP contribution in [0.5, 0.6) is 5.75 Å². The predicted molar refractivity (Wildman–Crippen MR) is 89.5 cm³/mol. The standard InChI is InChI=1S/C17H13BrN2O/c1-11-5-4-8-16(20-11)19-10-12-9-15(18)13-6-2-3-7-14(13)17(12)21/h2-10,21H,1H3/b19-10+. The van der Waals surface area contributed by atoms with Gasteiger partial charge in [0.1, 0.15) is 5.75 Å². The summed E-state index contributed by atoms with van der Waals surface area (Å²) in [5.74, 6) is 0.851. The van der Waals surface area contributed by atoms with Crippen molar-refractivity contribution in [2.75, 3.05) is 0 Å². The third-order valence-corrected chi connectivity index (χ3v) is 3.86. The number of hydrogen-bond acceptors (Lipinski definition) is 3. The van der Waals surface area contributed by atoms with Gasteiger partial charge in [0.15, 0.2) is 5.82 Å². The molecule has 1 heterocycles. The summed E-state index contributed by atoms with van der Waals surface area (Å²) in [5, 5.41) is 12.1. The molecule has 1 aromatic heterocycles. The summed E-state index contributed by atoms with van der Waals surface area (Å²) in [6, 6.07) is 15.2. The van der Waals surface area contributed by atoms with Crippen molar-refractivity contribution in [2.24, 2.45) is 4.99 Å². The van der Waals surface area contributed by atoms with Gasteiger partial charge in [0.05, 0.1) is 0 Å². The Labute approximate surface area is 131 Å². The summed E-state index contributed by atoms with van der Waals surface area (Å²) in [4.78, 5) is 8.64. The molecule has 3 aromatic rings. The summed E-state index contributed by atoms with van der Waals surface area (Å²) in [6.45, 7) is 1.92. The monoisotopic (exact) mass is 340 g/mol. The van der Waals surface area contributed by atoms with Gasteiger partial charge in [-0.1, -0.05) is 46.3 Å². The van der Waals surface area contributed by atoms with Crippen molar-refractivity contribution in [3.8, 4) is 5.75 Å². The van der Waals surface area contributed by atoms with E-state index in [9.17, 15) is 5.11 Å². The normalized spacial score (nSPS) is 11.3. The number of aliphatic imine (C=N–C) groups is 1. The Morgan fingerprint density at radius 1 is 1.10 bits per heavy atom. The first-order chi connectivity index (χ1) is 10.1. The fourth-order valence-corrected chi connectivity index (χ4v) is 2.76. The highest BCUT2D eigenvalue weighted by Crippen LogP contribution is 2.33. The molecule has 0 aliphatic rings. The van der Waals surface area contributed by atoms with Crippen LogP contribution < -0.4 is 0 Å². The smallest absolute Gasteiger partial charge is 0.152 e. The SMILES string of the molecule is Cc1cccc(/N=C/c2cc(Br)c3ccccc3c2O)n1. The minimum absolute atomic E-state index is 0.227. The summed E-state index contributed by atoms with van der Waals surface area (Å²) >= 11 is 3.53. The molecular formula is C17H13BrN2O. The summed E-state index contributed by atoms with van der Waals surface area (Å²) in [5.41, 5.74) is 1.57. The van der Waals surface area contributed by atoms with E-state index in [4.69, 9.17) is 0 Å². The van der Waals surface area contributed by atoms with E-state index >= 15 is 0 Å². The maximum Gasteiger partial charge on any atom is 0.152 e. The van der Waals surface area contributed by atoms with Crippen LogP contribution in [0.2, 0.25) is 0 Å². The molecule has 3 rings (SSSR count). The highest BCUT2D eigenvalue weighted by Gasteiger charge is 2.08. The maximum atomic E-state index is 10.4. The number of aryl methyl sites for hydroxylation is 1. The van der Waals surface area contributed by atoms with Crippen LogP contribution in [0.25, 0.3) is 10.8 Å². The van der Waals surface area contributed by atoms with Gasteiger partial charge in [-0.15, -0.1) is 0 Å². The lowest BCUT2D eigenvalue weighted by atomic mass is 10.1. The average molecular weight is 341 g/mol. The Morgan fingerprint density at radius 3 is 2.62 bits per heavy atom. The molecule has 0 amide bonds. The van der Waals surface area contributed by atoms with E-state index in [1.54, 1.807) is 6.21 Å². The van der Waals surface area contributed by atoms with E-state index in [2.05, 4.69) is 25.9 Å². The number of aromatic hydroxyl groups is 1. The zero-order valence-corrected chi connectivity index (χ0v) is 13.0. The van der Waals surface area contributed by atoms with E-state index in [-0.39, 0.29) is 5.75 Å². The van der Waals surface area contributed by atoms with Crippen molar-refractivity contribution >= 4 is 38.7 Å². The lowest BCUT2D eigenvalue weighted by molar-refractivity contribution is 0.481. The zero-order valence-electron chi connectivity index (χ0n) is 11.4. The molecule has 0 fully saturated rings. The number of phenols is 1. The van der Waals surface area contributed by atoms with Crippen LogP contribution >= 0.6 is 15.9 Å². The molecule has 21 heavy (non-hydrogen) atoms. The zero-order chi connectivity index (χ0) is 14.8. The second-order valence-corrected chi connectivity index (χ2v) is 5.59. The molecule has 0 saturated heterocycles. The first kappa shape index (κ1) is 13.8. The molecular weight excluding hydrogens is 328 g/mol. The highest BCUT2D eigenvalue weighted by atomic mass is 79.9.